The van der Waals surface area contributed by atoms with Crippen LogP contribution in [-0.4, -0.2) is 10.7 Å². The normalized spacial score (nSPS) is 18.5. The molecule has 0 nitrogen and oxygen atoms in total. The molecule has 1 atom stereocenters. The molecule has 2 heteroatoms. The van der Waals surface area contributed by atoms with Crippen molar-refractivity contribution in [1.82, 2.24) is 0 Å². The summed E-state index contributed by atoms with van der Waals surface area (Å²) < 4.78 is 0. The maximum absolute atomic E-state index is 3.80. The van der Waals surface area contributed by atoms with E-state index in [2.05, 4.69) is 111 Å². The molecule has 1 aliphatic rings. The molecule has 0 saturated carbocycles. The van der Waals surface area contributed by atoms with Crippen molar-refractivity contribution in [1.29, 1.82) is 0 Å². The Balaban J connectivity index is 2.03. The van der Waals surface area contributed by atoms with E-state index in [4.69, 9.17) is 0 Å². The van der Waals surface area contributed by atoms with Gasteiger partial charge in [-0.2, -0.15) is 0 Å². The first-order valence-corrected chi connectivity index (χ1v) is 10.4. The molecule has 0 saturated heterocycles. The highest BCUT2D eigenvalue weighted by Crippen LogP contribution is 2.50. The SMILES string of the molecule is BrCC1(CBr)C=Cc2ccccc2[C@@H]1c1cccc2ccccc12. The fourth-order valence-electron chi connectivity index (χ4n) is 3.85. The quantitative estimate of drug-likeness (QED) is 0.393. The number of rotatable bonds is 3. The van der Waals surface area contributed by atoms with Gasteiger partial charge in [0.2, 0.25) is 0 Å². The van der Waals surface area contributed by atoms with Gasteiger partial charge in [-0.3, -0.25) is 0 Å². The van der Waals surface area contributed by atoms with Crippen LogP contribution in [0.1, 0.15) is 22.6 Å². The van der Waals surface area contributed by atoms with Crippen molar-refractivity contribution >= 4 is 48.7 Å². The highest BCUT2D eigenvalue weighted by molar-refractivity contribution is 9.09. The summed E-state index contributed by atoms with van der Waals surface area (Å²) in [5.41, 5.74) is 4.17. The second kappa shape index (κ2) is 6.50. The molecule has 0 radical (unpaired) electrons. The third-order valence-electron chi connectivity index (χ3n) is 5.11. The van der Waals surface area contributed by atoms with E-state index < -0.39 is 0 Å². The fourth-order valence-corrected chi connectivity index (χ4v) is 5.80. The first-order valence-electron chi connectivity index (χ1n) is 8.17. The van der Waals surface area contributed by atoms with Gasteiger partial charge >= 0.3 is 0 Å². The summed E-state index contributed by atoms with van der Waals surface area (Å²) >= 11 is 7.60. The third-order valence-corrected chi connectivity index (χ3v) is 7.20. The average Bonchev–Trinajstić information content (AvgIpc) is 2.66. The van der Waals surface area contributed by atoms with Crippen LogP contribution in [0.4, 0.5) is 0 Å². The maximum Gasteiger partial charge on any atom is 0.0209 e. The highest BCUT2D eigenvalue weighted by Gasteiger charge is 2.40. The number of benzene rings is 3. The molecule has 0 aliphatic heterocycles. The van der Waals surface area contributed by atoms with Crippen molar-refractivity contribution in [2.24, 2.45) is 5.41 Å². The van der Waals surface area contributed by atoms with Gasteiger partial charge in [0.15, 0.2) is 0 Å². The molecule has 4 rings (SSSR count). The van der Waals surface area contributed by atoms with Gasteiger partial charge < -0.3 is 0 Å². The lowest BCUT2D eigenvalue weighted by atomic mass is 9.66. The molecule has 24 heavy (non-hydrogen) atoms. The van der Waals surface area contributed by atoms with Gasteiger partial charge in [0, 0.05) is 22.0 Å². The number of alkyl halides is 2. The largest absolute Gasteiger partial charge is 0.0918 e. The number of fused-ring (bicyclic) bond motifs is 2. The van der Waals surface area contributed by atoms with Crippen LogP contribution >= 0.6 is 31.9 Å². The minimum Gasteiger partial charge on any atom is -0.0918 e. The fraction of sp³-hybridized carbons (Fsp3) is 0.182. The Morgan fingerprint density at radius 1 is 0.750 bits per heavy atom. The van der Waals surface area contributed by atoms with E-state index in [-0.39, 0.29) is 5.41 Å². The summed E-state index contributed by atoms with van der Waals surface area (Å²) in [6.07, 6.45) is 4.66. The molecular weight excluding hydrogens is 424 g/mol. The van der Waals surface area contributed by atoms with E-state index in [1.165, 1.54) is 27.5 Å². The van der Waals surface area contributed by atoms with E-state index in [9.17, 15) is 0 Å². The first-order chi connectivity index (χ1) is 11.8. The van der Waals surface area contributed by atoms with Gasteiger partial charge in [-0.15, -0.1) is 0 Å². The lowest BCUT2D eigenvalue weighted by Gasteiger charge is -2.40. The highest BCUT2D eigenvalue weighted by atomic mass is 79.9. The van der Waals surface area contributed by atoms with Crippen molar-refractivity contribution < 1.29 is 0 Å². The van der Waals surface area contributed by atoms with Crippen LogP contribution in [0.2, 0.25) is 0 Å². The Bertz CT molecular complexity index is 901. The van der Waals surface area contributed by atoms with Crippen molar-refractivity contribution in [3.05, 3.63) is 89.5 Å². The molecule has 3 aromatic rings. The predicted molar refractivity (Wildman–Crippen MR) is 111 cm³/mol. The Morgan fingerprint density at radius 3 is 2.25 bits per heavy atom. The summed E-state index contributed by atoms with van der Waals surface area (Å²) in [4.78, 5) is 0. The molecule has 0 heterocycles. The van der Waals surface area contributed by atoms with Gasteiger partial charge in [0.25, 0.3) is 0 Å². The Hall–Kier alpha value is -1.38. The molecule has 0 fully saturated rings. The third kappa shape index (κ3) is 2.48. The molecule has 0 N–H and O–H groups in total. The zero-order chi connectivity index (χ0) is 16.6. The molecular formula is C22H18Br2. The topological polar surface area (TPSA) is 0 Å². The van der Waals surface area contributed by atoms with Crippen molar-refractivity contribution in [3.8, 4) is 0 Å². The van der Waals surface area contributed by atoms with Crippen LogP contribution in [-0.2, 0) is 0 Å². The molecule has 0 spiro atoms. The number of hydrogen-bond acceptors (Lipinski definition) is 0. The van der Waals surface area contributed by atoms with E-state index in [0.29, 0.717) is 5.92 Å². The molecule has 0 amide bonds. The second-order valence-electron chi connectivity index (χ2n) is 6.46. The van der Waals surface area contributed by atoms with Gasteiger partial charge in [-0.1, -0.05) is 111 Å². The van der Waals surface area contributed by atoms with Gasteiger partial charge in [-0.25, -0.2) is 0 Å². The zero-order valence-corrected chi connectivity index (χ0v) is 16.4. The second-order valence-corrected chi connectivity index (χ2v) is 7.59. The Kier molecular flexibility index (Phi) is 4.36. The monoisotopic (exact) mass is 440 g/mol. The summed E-state index contributed by atoms with van der Waals surface area (Å²) in [6.45, 7) is 0. The Labute approximate surface area is 159 Å². The van der Waals surface area contributed by atoms with E-state index in [1.54, 1.807) is 0 Å². The van der Waals surface area contributed by atoms with Crippen LogP contribution < -0.4 is 0 Å². The van der Waals surface area contributed by atoms with Crippen LogP contribution in [0.25, 0.3) is 16.8 Å². The first kappa shape index (κ1) is 16.1. The van der Waals surface area contributed by atoms with E-state index >= 15 is 0 Å². The molecule has 0 unspecified atom stereocenters. The Morgan fingerprint density at radius 2 is 1.42 bits per heavy atom. The number of allylic oxidation sites excluding steroid dienone is 1. The summed E-state index contributed by atoms with van der Waals surface area (Å²) in [5, 5.41) is 4.50. The summed E-state index contributed by atoms with van der Waals surface area (Å²) in [6, 6.07) is 24.2. The maximum atomic E-state index is 3.80. The predicted octanol–water partition coefficient (Wildman–Crippen LogP) is 6.77. The van der Waals surface area contributed by atoms with Gasteiger partial charge in [-0.05, 0) is 27.5 Å². The standard InChI is InChI=1S/C22H18Br2/c23-14-22(15-24)13-12-17-7-2-4-10-19(17)21(22)20-11-5-8-16-6-1-3-9-18(16)20/h1-13,21H,14-15H2/t21-/m1/s1. The summed E-state index contributed by atoms with van der Waals surface area (Å²) in [5.74, 6) is 0.323. The minimum atomic E-state index is 0.0263. The van der Waals surface area contributed by atoms with Crippen LogP contribution in [0.3, 0.4) is 0 Å². The lowest BCUT2D eigenvalue weighted by Crippen LogP contribution is -2.34. The van der Waals surface area contributed by atoms with Crippen molar-refractivity contribution in [2.45, 2.75) is 5.92 Å². The van der Waals surface area contributed by atoms with Gasteiger partial charge in [0.05, 0.1) is 0 Å². The van der Waals surface area contributed by atoms with Gasteiger partial charge in [0.1, 0.15) is 0 Å². The molecule has 3 aromatic carbocycles. The zero-order valence-electron chi connectivity index (χ0n) is 13.3. The lowest BCUT2D eigenvalue weighted by molar-refractivity contribution is 0.441. The molecule has 0 aromatic heterocycles. The molecule has 1 aliphatic carbocycles. The van der Waals surface area contributed by atoms with Crippen molar-refractivity contribution in [3.63, 3.8) is 0 Å². The van der Waals surface area contributed by atoms with E-state index in [0.717, 1.165) is 10.7 Å². The molecule has 0 bridgehead atoms. The van der Waals surface area contributed by atoms with E-state index in [1.807, 2.05) is 0 Å². The average molecular weight is 442 g/mol. The van der Waals surface area contributed by atoms with Crippen LogP contribution in [0.5, 0.6) is 0 Å². The van der Waals surface area contributed by atoms with Crippen molar-refractivity contribution in [2.75, 3.05) is 10.7 Å². The number of hydrogen-bond donors (Lipinski definition) is 0. The van der Waals surface area contributed by atoms with Crippen LogP contribution in [0, 0.1) is 5.41 Å². The summed E-state index contributed by atoms with van der Waals surface area (Å²) in [7, 11) is 0. The van der Waals surface area contributed by atoms with Crippen LogP contribution in [0.15, 0.2) is 72.8 Å². The smallest absolute Gasteiger partial charge is 0.0209 e. The number of halogens is 2. The molecule has 120 valence electrons. The minimum absolute atomic E-state index is 0.0263.